The minimum Gasteiger partial charge on any atom is -0.497 e. The Kier molecular flexibility index (Phi) is 4.21. The first-order valence-corrected chi connectivity index (χ1v) is 8.83. The molecule has 1 aliphatic carbocycles. The maximum absolute atomic E-state index is 12.6. The second kappa shape index (κ2) is 6.52. The number of hydrogen-bond acceptors (Lipinski definition) is 4. The van der Waals surface area contributed by atoms with E-state index in [9.17, 15) is 9.90 Å². The lowest BCUT2D eigenvalue weighted by atomic mass is 9.81. The molecule has 1 aliphatic heterocycles. The van der Waals surface area contributed by atoms with Crippen molar-refractivity contribution in [3.05, 3.63) is 35.5 Å². The smallest absolute Gasteiger partial charge is 0.225 e. The van der Waals surface area contributed by atoms with Crippen LogP contribution in [0.2, 0.25) is 0 Å². The van der Waals surface area contributed by atoms with E-state index < -0.39 is 0 Å². The van der Waals surface area contributed by atoms with E-state index in [1.807, 2.05) is 29.2 Å². The summed E-state index contributed by atoms with van der Waals surface area (Å²) in [7, 11) is 1.66. The zero-order valence-electron chi connectivity index (χ0n) is 14.4. The number of ether oxygens (including phenoxy) is 1. The van der Waals surface area contributed by atoms with Gasteiger partial charge >= 0.3 is 0 Å². The number of fused-ring (bicyclic) bond motifs is 1. The maximum Gasteiger partial charge on any atom is 0.225 e. The van der Waals surface area contributed by atoms with Gasteiger partial charge in [-0.25, -0.2) is 0 Å². The van der Waals surface area contributed by atoms with Crippen LogP contribution in [0.15, 0.2) is 24.3 Å². The fourth-order valence-electron chi connectivity index (χ4n) is 3.74. The molecular weight excluding hydrogens is 318 g/mol. The molecule has 1 saturated carbocycles. The van der Waals surface area contributed by atoms with Crippen molar-refractivity contribution < 1.29 is 14.6 Å². The molecule has 0 atom stereocenters. The molecule has 0 bridgehead atoms. The molecule has 0 radical (unpaired) electrons. The summed E-state index contributed by atoms with van der Waals surface area (Å²) < 4.78 is 5.22. The number of aromatic amines is 1. The van der Waals surface area contributed by atoms with Gasteiger partial charge in [0.25, 0.3) is 0 Å². The van der Waals surface area contributed by atoms with Gasteiger partial charge in [0.15, 0.2) is 0 Å². The standard InChI is InChI=1S/C19H23N3O3/c1-25-15-4-2-12(3-5-15)18-16-6-8-22(9-7-17(16)20-21-18)19(24)13-10-14(23)11-13/h2-5,13-14,23H,6-11H2,1H3,(H,20,21). The Bertz CT molecular complexity index is 763. The Morgan fingerprint density at radius 3 is 2.64 bits per heavy atom. The topological polar surface area (TPSA) is 78.5 Å². The number of rotatable bonds is 3. The molecule has 6 heteroatoms. The van der Waals surface area contributed by atoms with E-state index in [4.69, 9.17) is 4.74 Å². The highest BCUT2D eigenvalue weighted by Crippen LogP contribution is 2.31. The Hall–Kier alpha value is -2.34. The second-order valence-electron chi connectivity index (χ2n) is 6.91. The second-order valence-corrected chi connectivity index (χ2v) is 6.91. The molecule has 0 saturated heterocycles. The van der Waals surface area contributed by atoms with Crippen LogP contribution in [0.25, 0.3) is 11.3 Å². The van der Waals surface area contributed by atoms with E-state index in [1.165, 1.54) is 5.56 Å². The van der Waals surface area contributed by atoms with E-state index in [-0.39, 0.29) is 17.9 Å². The summed E-state index contributed by atoms with van der Waals surface area (Å²) in [5, 5.41) is 17.1. The number of benzene rings is 1. The number of amides is 1. The highest BCUT2D eigenvalue weighted by Gasteiger charge is 2.36. The Labute approximate surface area is 146 Å². The molecule has 1 fully saturated rings. The minimum atomic E-state index is -0.292. The van der Waals surface area contributed by atoms with Gasteiger partial charge < -0.3 is 14.7 Å². The SMILES string of the molecule is COc1ccc(-c2n[nH]c3c2CCN(C(=O)C2CC(O)C2)CC3)cc1. The number of hydrogen-bond donors (Lipinski definition) is 2. The van der Waals surface area contributed by atoms with E-state index in [0.29, 0.717) is 25.9 Å². The summed E-state index contributed by atoms with van der Waals surface area (Å²) in [4.78, 5) is 14.5. The summed E-state index contributed by atoms with van der Waals surface area (Å²) in [5.74, 6) is 1.02. The van der Waals surface area contributed by atoms with Gasteiger partial charge in [0.1, 0.15) is 5.75 Å². The van der Waals surface area contributed by atoms with Crippen LogP contribution < -0.4 is 4.74 Å². The van der Waals surface area contributed by atoms with Crippen molar-refractivity contribution in [2.75, 3.05) is 20.2 Å². The van der Waals surface area contributed by atoms with Crippen LogP contribution in [0.5, 0.6) is 5.75 Å². The fraction of sp³-hybridized carbons (Fsp3) is 0.474. The van der Waals surface area contributed by atoms with Crippen LogP contribution in [0, 0.1) is 5.92 Å². The zero-order chi connectivity index (χ0) is 17.4. The Morgan fingerprint density at radius 2 is 1.96 bits per heavy atom. The summed E-state index contributed by atoms with van der Waals surface area (Å²) in [6.07, 6.45) is 2.52. The average molecular weight is 341 g/mol. The van der Waals surface area contributed by atoms with Crippen LogP contribution in [0.1, 0.15) is 24.1 Å². The summed E-state index contributed by atoms with van der Waals surface area (Å²) in [6.45, 7) is 1.42. The molecule has 1 amide bonds. The van der Waals surface area contributed by atoms with Crippen molar-refractivity contribution in [3.63, 3.8) is 0 Å². The van der Waals surface area contributed by atoms with Crippen molar-refractivity contribution >= 4 is 5.91 Å². The predicted octanol–water partition coefficient (Wildman–Crippen LogP) is 1.78. The van der Waals surface area contributed by atoms with E-state index in [0.717, 1.165) is 35.5 Å². The molecular formula is C19H23N3O3. The monoisotopic (exact) mass is 341 g/mol. The number of H-pyrrole nitrogens is 1. The van der Waals surface area contributed by atoms with Gasteiger partial charge in [0.2, 0.25) is 5.91 Å². The number of aliphatic hydroxyl groups is 1. The Morgan fingerprint density at radius 1 is 1.24 bits per heavy atom. The van der Waals surface area contributed by atoms with Crippen LogP contribution >= 0.6 is 0 Å². The van der Waals surface area contributed by atoms with Gasteiger partial charge in [-0.1, -0.05) is 0 Å². The molecule has 0 spiro atoms. The lowest BCUT2D eigenvalue weighted by Gasteiger charge is -2.34. The van der Waals surface area contributed by atoms with Crippen LogP contribution in [-0.2, 0) is 17.6 Å². The van der Waals surface area contributed by atoms with E-state index in [1.54, 1.807) is 7.11 Å². The van der Waals surface area contributed by atoms with Gasteiger partial charge in [-0.05, 0) is 43.5 Å². The lowest BCUT2D eigenvalue weighted by Crippen LogP contribution is -2.44. The first-order valence-electron chi connectivity index (χ1n) is 8.83. The molecule has 4 rings (SSSR count). The van der Waals surface area contributed by atoms with Crippen molar-refractivity contribution in [1.29, 1.82) is 0 Å². The molecule has 1 aromatic heterocycles. The van der Waals surface area contributed by atoms with Crippen molar-refractivity contribution in [2.45, 2.75) is 31.8 Å². The molecule has 25 heavy (non-hydrogen) atoms. The first kappa shape index (κ1) is 16.1. The number of aromatic nitrogens is 2. The minimum absolute atomic E-state index is 0.00521. The summed E-state index contributed by atoms with van der Waals surface area (Å²) in [6, 6.07) is 7.90. The molecule has 2 aliphatic rings. The maximum atomic E-state index is 12.6. The highest BCUT2D eigenvalue weighted by atomic mass is 16.5. The Balaban J connectivity index is 1.50. The van der Waals surface area contributed by atoms with E-state index in [2.05, 4.69) is 10.2 Å². The number of nitrogens with zero attached hydrogens (tertiary/aromatic N) is 2. The largest absolute Gasteiger partial charge is 0.497 e. The van der Waals surface area contributed by atoms with Gasteiger partial charge in [-0.2, -0.15) is 5.10 Å². The third-order valence-electron chi connectivity index (χ3n) is 5.35. The average Bonchev–Trinajstić information content (AvgIpc) is 2.90. The van der Waals surface area contributed by atoms with Crippen molar-refractivity contribution in [1.82, 2.24) is 15.1 Å². The third-order valence-corrected chi connectivity index (χ3v) is 5.35. The molecule has 0 unspecified atom stereocenters. The number of aliphatic hydroxyl groups excluding tert-OH is 1. The third kappa shape index (κ3) is 3.02. The number of methoxy groups -OCH3 is 1. The van der Waals surface area contributed by atoms with Crippen LogP contribution in [0.3, 0.4) is 0 Å². The normalized spacial score (nSPS) is 22.7. The summed E-state index contributed by atoms with van der Waals surface area (Å²) >= 11 is 0. The van der Waals surface area contributed by atoms with Gasteiger partial charge in [-0.15, -0.1) is 0 Å². The molecule has 2 N–H and O–H groups in total. The molecule has 6 nitrogen and oxygen atoms in total. The highest BCUT2D eigenvalue weighted by molar-refractivity contribution is 5.80. The zero-order valence-corrected chi connectivity index (χ0v) is 14.4. The molecule has 132 valence electrons. The van der Waals surface area contributed by atoms with Gasteiger partial charge in [0.05, 0.1) is 18.9 Å². The number of nitrogens with one attached hydrogen (secondary N) is 1. The van der Waals surface area contributed by atoms with Crippen molar-refractivity contribution in [2.24, 2.45) is 5.92 Å². The van der Waals surface area contributed by atoms with Gasteiger partial charge in [-0.3, -0.25) is 9.89 Å². The molecule has 2 aromatic rings. The van der Waals surface area contributed by atoms with Crippen LogP contribution in [0.4, 0.5) is 0 Å². The first-order chi connectivity index (χ1) is 12.2. The number of carbonyl (C=O) groups excluding carboxylic acids is 1. The summed E-state index contributed by atoms with van der Waals surface area (Å²) in [5.41, 5.74) is 4.34. The lowest BCUT2D eigenvalue weighted by molar-refractivity contribution is -0.142. The fourth-order valence-corrected chi connectivity index (χ4v) is 3.74. The van der Waals surface area contributed by atoms with Crippen LogP contribution in [-0.4, -0.2) is 52.4 Å². The van der Waals surface area contributed by atoms with Gasteiger partial charge in [0, 0.05) is 42.2 Å². The quantitative estimate of drug-likeness (QED) is 0.892. The van der Waals surface area contributed by atoms with E-state index >= 15 is 0 Å². The number of carbonyl (C=O) groups is 1. The van der Waals surface area contributed by atoms with Crippen molar-refractivity contribution in [3.8, 4) is 17.0 Å². The molecule has 2 heterocycles. The predicted molar refractivity (Wildman–Crippen MR) is 93.3 cm³/mol. The molecule has 1 aromatic carbocycles.